The third-order valence-corrected chi connectivity index (χ3v) is 6.77. The van der Waals surface area contributed by atoms with Crippen LogP contribution in [0, 0.1) is 29.1 Å². The van der Waals surface area contributed by atoms with Gasteiger partial charge >= 0.3 is 0 Å². The molecule has 0 heterocycles. The van der Waals surface area contributed by atoms with Crippen LogP contribution in [-0.2, 0) is 9.59 Å². The van der Waals surface area contributed by atoms with E-state index in [-0.39, 0.29) is 40.9 Å². The standard InChI is InChI=1S/C20H24BrN3O2/c21-12-2-4-13(5-3-12)24-19(26)17-15-7-6-14(20(15)8-9-20)16(17)18(25)23-11-1-10-22/h2-7,14-17H,1,8-11,22H2,(H,23,25)(H,24,26)/t14-,15+,16-,17-/m1/s1. The molecule has 1 spiro atoms. The zero-order valence-electron chi connectivity index (χ0n) is 14.6. The quantitative estimate of drug-likeness (QED) is 0.491. The van der Waals surface area contributed by atoms with Gasteiger partial charge in [0.25, 0.3) is 0 Å². The lowest BCUT2D eigenvalue weighted by molar-refractivity contribution is -0.132. The predicted octanol–water partition coefficient (Wildman–Crippen LogP) is 2.68. The van der Waals surface area contributed by atoms with Gasteiger partial charge in [0.05, 0.1) is 11.8 Å². The van der Waals surface area contributed by atoms with E-state index in [9.17, 15) is 9.59 Å². The SMILES string of the molecule is NCCCNC(=O)[C@H]1[C@H](C(=O)Nc2ccc(Br)cc2)[C@@H]2C=C[C@H]1C21CC1. The Morgan fingerprint density at radius 2 is 1.69 bits per heavy atom. The first kappa shape index (κ1) is 17.7. The molecule has 1 aromatic carbocycles. The van der Waals surface area contributed by atoms with Crippen molar-refractivity contribution in [3.63, 3.8) is 0 Å². The highest BCUT2D eigenvalue weighted by Gasteiger charge is 2.69. The number of hydrogen-bond acceptors (Lipinski definition) is 3. The highest BCUT2D eigenvalue weighted by molar-refractivity contribution is 9.10. The Hall–Kier alpha value is -1.66. The van der Waals surface area contributed by atoms with Gasteiger partial charge in [-0.3, -0.25) is 9.59 Å². The number of anilines is 1. The number of nitrogens with two attached hydrogens (primary N) is 1. The molecule has 0 radical (unpaired) electrons. The summed E-state index contributed by atoms with van der Waals surface area (Å²) in [7, 11) is 0. The van der Waals surface area contributed by atoms with Crippen LogP contribution in [0.25, 0.3) is 0 Å². The Labute approximate surface area is 161 Å². The van der Waals surface area contributed by atoms with E-state index in [1.807, 2.05) is 24.3 Å². The van der Waals surface area contributed by atoms with E-state index in [4.69, 9.17) is 5.73 Å². The van der Waals surface area contributed by atoms with Crippen molar-refractivity contribution in [3.8, 4) is 0 Å². The molecule has 2 fully saturated rings. The van der Waals surface area contributed by atoms with Crippen LogP contribution in [0.5, 0.6) is 0 Å². The molecule has 4 N–H and O–H groups in total. The first-order valence-corrected chi connectivity index (χ1v) is 10.1. The number of nitrogens with one attached hydrogen (secondary N) is 2. The molecule has 4 rings (SSSR count). The van der Waals surface area contributed by atoms with Crippen LogP contribution in [0.3, 0.4) is 0 Å². The lowest BCUT2D eigenvalue weighted by Crippen LogP contribution is -2.42. The largest absolute Gasteiger partial charge is 0.356 e. The van der Waals surface area contributed by atoms with Crippen LogP contribution in [0.15, 0.2) is 40.9 Å². The van der Waals surface area contributed by atoms with E-state index in [1.165, 1.54) is 0 Å². The topological polar surface area (TPSA) is 84.2 Å². The predicted molar refractivity (Wildman–Crippen MR) is 104 cm³/mol. The monoisotopic (exact) mass is 417 g/mol. The van der Waals surface area contributed by atoms with Gasteiger partial charge in [0.1, 0.15) is 0 Å². The van der Waals surface area contributed by atoms with Crippen molar-refractivity contribution in [3.05, 3.63) is 40.9 Å². The molecule has 4 atom stereocenters. The zero-order chi connectivity index (χ0) is 18.3. The third kappa shape index (κ3) is 2.89. The highest BCUT2D eigenvalue weighted by atomic mass is 79.9. The number of rotatable bonds is 6. The summed E-state index contributed by atoms with van der Waals surface area (Å²) < 4.78 is 0.965. The number of benzene rings is 1. The van der Waals surface area contributed by atoms with Crippen molar-refractivity contribution in [2.75, 3.05) is 18.4 Å². The average Bonchev–Trinajstić information content (AvgIpc) is 3.30. The molecule has 2 amide bonds. The molecule has 5 nitrogen and oxygen atoms in total. The Balaban J connectivity index is 1.54. The molecule has 3 aliphatic carbocycles. The van der Waals surface area contributed by atoms with Crippen LogP contribution < -0.4 is 16.4 Å². The highest BCUT2D eigenvalue weighted by Crippen LogP contribution is 2.72. The van der Waals surface area contributed by atoms with Gasteiger partial charge < -0.3 is 16.4 Å². The molecule has 6 heteroatoms. The fourth-order valence-corrected chi connectivity index (χ4v) is 5.16. The van der Waals surface area contributed by atoms with Gasteiger partial charge in [-0.15, -0.1) is 0 Å². The molecule has 26 heavy (non-hydrogen) atoms. The summed E-state index contributed by atoms with van der Waals surface area (Å²) in [6.07, 6.45) is 7.33. The van der Waals surface area contributed by atoms with Crippen molar-refractivity contribution in [2.45, 2.75) is 19.3 Å². The number of hydrogen-bond donors (Lipinski definition) is 3. The molecule has 2 saturated carbocycles. The Morgan fingerprint density at radius 3 is 2.27 bits per heavy atom. The molecule has 2 bridgehead atoms. The first-order chi connectivity index (χ1) is 12.6. The maximum absolute atomic E-state index is 13.1. The minimum atomic E-state index is -0.297. The van der Waals surface area contributed by atoms with E-state index in [0.29, 0.717) is 13.1 Å². The number of allylic oxidation sites excluding steroid dienone is 2. The number of carbonyl (C=O) groups is 2. The fourth-order valence-electron chi connectivity index (χ4n) is 4.90. The Bertz CT molecular complexity index is 742. The van der Waals surface area contributed by atoms with Crippen LogP contribution in [0.1, 0.15) is 19.3 Å². The molecule has 3 aliphatic rings. The van der Waals surface area contributed by atoms with Gasteiger partial charge in [-0.25, -0.2) is 0 Å². The summed E-state index contributed by atoms with van der Waals surface area (Å²) in [6.45, 7) is 1.12. The number of carbonyl (C=O) groups excluding carboxylic acids is 2. The van der Waals surface area contributed by atoms with Gasteiger partial charge in [-0.2, -0.15) is 0 Å². The van der Waals surface area contributed by atoms with Crippen molar-refractivity contribution in [1.82, 2.24) is 5.32 Å². The summed E-state index contributed by atoms with van der Waals surface area (Å²) in [6, 6.07) is 7.54. The van der Waals surface area contributed by atoms with Crippen LogP contribution >= 0.6 is 15.9 Å². The van der Waals surface area contributed by atoms with E-state index >= 15 is 0 Å². The second-order valence-electron chi connectivity index (χ2n) is 7.65. The minimum Gasteiger partial charge on any atom is -0.356 e. The summed E-state index contributed by atoms with van der Waals surface area (Å²) >= 11 is 3.40. The second kappa shape index (κ2) is 6.82. The summed E-state index contributed by atoms with van der Waals surface area (Å²) in [5.41, 5.74) is 6.44. The van der Waals surface area contributed by atoms with Gasteiger partial charge in [-0.05, 0) is 67.3 Å². The Kier molecular flexibility index (Phi) is 4.65. The molecule has 0 aliphatic heterocycles. The number of amides is 2. The zero-order valence-corrected chi connectivity index (χ0v) is 16.2. The molecule has 138 valence electrons. The van der Waals surface area contributed by atoms with Gasteiger partial charge in [0, 0.05) is 16.7 Å². The smallest absolute Gasteiger partial charge is 0.228 e. The van der Waals surface area contributed by atoms with Crippen LogP contribution in [-0.4, -0.2) is 24.9 Å². The Morgan fingerprint density at radius 1 is 1.08 bits per heavy atom. The van der Waals surface area contributed by atoms with Crippen LogP contribution in [0.2, 0.25) is 0 Å². The van der Waals surface area contributed by atoms with Crippen molar-refractivity contribution >= 4 is 33.4 Å². The fraction of sp³-hybridized carbons (Fsp3) is 0.500. The second-order valence-corrected chi connectivity index (χ2v) is 8.57. The maximum atomic E-state index is 13.1. The van der Waals surface area contributed by atoms with E-state index in [1.54, 1.807) is 0 Å². The van der Waals surface area contributed by atoms with Crippen molar-refractivity contribution in [1.29, 1.82) is 0 Å². The summed E-state index contributed by atoms with van der Waals surface area (Å²) in [5, 5.41) is 6.01. The molecule has 0 saturated heterocycles. The molecular formula is C20H24BrN3O2. The van der Waals surface area contributed by atoms with Gasteiger partial charge in [0.2, 0.25) is 11.8 Å². The van der Waals surface area contributed by atoms with E-state index < -0.39 is 0 Å². The third-order valence-electron chi connectivity index (χ3n) is 6.24. The molecular weight excluding hydrogens is 394 g/mol. The minimum absolute atomic E-state index is 0.00229. The van der Waals surface area contributed by atoms with Gasteiger partial charge in [-0.1, -0.05) is 28.1 Å². The maximum Gasteiger partial charge on any atom is 0.228 e. The van der Waals surface area contributed by atoms with Crippen LogP contribution in [0.4, 0.5) is 5.69 Å². The molecule has 0 unspecified atom stereocenters. The van der Waals surface area contributed by atoms with Crippen molar-refractivity contribution < 1.29 is 9.59 Å². The average molecular weight is 418 g/mol. The summed E-state index contributed by atoms with van der Waals surface area (Å²) in [5.74, 6) is -0.263. The first-order valence-electron chi connectivity index (χ1n) is 9.29. The lowest BCUT2D eigenvalue weighted by Gasteiger charge is -2.26. The van der Waals surface area contributed by atoms with Crippen molar-refractivity contribution in [2.24, 2.45) is 34.8 Å². The molecule has 0 aromatic heterocycles. The summed E-state index contributed by atoms with van der Waals surface area (Å²) in [4.78, 5) is 26.0. The lowest BCUT2D eigenvalue weighted by atomic mass is 9.81. The normalized spacial score (nSPS) is 29.8. The van der Waals surface area contributed by atoms with Gasteiger partial charge in [0.15, 0.2) is 0 Å². The molecule has 1 aromatic rings. The van der Waals surface area contributed by atoms with E-state index in [2.05, 4.69) is 38.7 Å². The van der Waals surface area contributed by atoms with E-state index in [0.717, 1.165) is 29.4 Å². The number of halogens is 1.